The summed E-state index contributed by atoms with van der Waals surface area (Å²) in [4.78, 5) is 15.0. The summed E-state index contributed by atoms with van der Waals surface area (Å²) in [5, 5.41) is 4.29. The van der Waals surface area contributed by atoms with Crippen molar-refractivity contribution in [2.24, 2.45) is 0 Å². The van der Waals surface area contributed by atoms with Gasteiger partial charge in [0.1, 0.15) is 0 Å². The average molecular weight is 273 g/mol. The maximum atomic E-state index is 11.1. The Balaban J connectivity index is 2.44. The van der Waals surface area contributed by atoms with Crippen LogP contribution in [0.15, 0.2) is 22.7 Å². The molecule has 7 heteroatoms. The first-order chi connectivity index (χ1) is 8.13. The third-order valence-electron chi connectivity index (χ3n) is 1.98. The molecule has 0 fully saturated rings. The Kier molecular flexibility index (Phi) is 3.31. The van der Waals surface area contributed by atoms with Crippen LogP contribution in [0.4, 0.5) is 0 Å². The van der Waals surface area contributed by atoms with Gasteiger partial charge in [0.2, 0.25) is 5.82 Å². The van der Waals surface area contributed by atoms with Gasteiger partial charge in [-0.1, -0.05) is 34.4 Å². The van der Waals surface area contributed by atoms with Gasteiger partial charge in [-0.25, -0.2) is 4.79 Å². The van der Waals surface area contributed by atoms with E-state index in [1.807, 2.05) is 0 Å². The first-order valence-corrected chi connectivity index (χ1v) is 5.25. The van der Waals surface area contributed by atoms with Crippen LogP contribution in [0, 0.1) is 0 Å². The zero-order chi connectivity index (χ0) is 12.4. The number of methoxy groups -OCH3 is 1. The van der Waals surface area contributed by atoms with E-state index in [2.05, 4.69) is 14.9 Å². The molecule has 2 aromatic rings. The Morgan fingerprint density at radius 2 is 2.18 bits per heavy atom. The van der Waals surface area contributed by atoms with Gasteiger partial charge in [0.05, 0.1) is 17.2 Å². The zero-order valence-electron chi connectivity index (χ0n) is 8.61. The number of hydrogen-bond acceptors (Lipinski definition) is 5. The third-order valence-corrected chi connectivity index (χ3v) is 2.80. The first kappa shape index (κ1) is 11.9. The van der Waals surface area contributed by atoms with Crippen LogP contribution in [-0.2, 0) is 4.74 Å². The second-order valence-electron chi connectivity index (χ2n) is 3.02. The van der Waals surface area contributed by atoms with Gasteiger partial charge < -0.3 is 9.26 Å². The molecule has 1 heterocycles. The van der Waals surface area contributed by atoms with Crippen molar-refractivity contribution in [2.45, 2.75) is 0 Å². The van der Waals surface area contributed by atoms with Gasteiger partial charge in [0, 0.05) is 5.56 Å². The largest absolute Gasteiger partial charge is 0.462 e. The van der Waals surface area contributed by atoms with Gasteiger partial charge in [0.25, 0.3) is 0 Å². The van der Waals surface area contributed by atoms with Crippen molar-refractivity contribution < 1.29 is 14.1 Å². The lowest BCUT2D eigenvalue weighted by Crippen LogP contribution is -2.00. The number of halogens is 2. The van der Waals surface area contributed by atoms with Crippen molar-refractivity contribution in [3.05, 3.63) is 34.1 Å². The summed E-state index contributed by atoms with van der Waals surface area (Å²) < 4.78 is 9.17. The maximum Gasteiger partial charge on any atom is 0.397 e. The molecule has 0 spiro atoms. The number of esters is 1. The molecule has 17 heavy (non-hydrogen) atoms. The van der Waals surface area contributed by atoms with Crippen molar-refractivity contribution >= 4 is 29.2 Å². The lowest BCUT2D eigenvalue weighted by molar-refractivity contribution is 0.0545. The molecular formula is C10H6Cl2N2O3. The standard InChI is InChI=1S/C10H6Cl2N2O3/c1-16-10(15)9-13-8(14-17-9)5-3-2-4-6(11)7(5)12/h2-4H,1H3. The molecule has 2 rings (SSSR count). The van der Waals surface area contributed by atoms with Crippen molar-refractivity contribution in [2.75, 3.05) is 7.11 Å². The van der Waals surface area contributed by atoms with E-state index >= 15 is 0 Å². The quantitative estimate of drug-likeness (QED) is 0.787. The number of aromatic nitrogens is 2. The molecule has 5 nitrogen and oxygen atoms in total. The third kappa shape index (κ3) is 2.25. The minimum absolute atomic E-state index is 0.179. The van der Waals surface area contributed by atoms with E-state index in [1.165, 1.54) is 7.11 Å². The van der Waals surface area contributed by atoms with Gasteiger partial charge in [-0.3, -0.25) is 0 Å². The number of ether oxygens (including phenoxy) is 1. The predicted octanol–water partition coefficient (Wildman–Crippen LogP) is 2.83. The molecule has 0 atom stereocenters. The van der Waals surface area contributed by atoms with Crippen LogP contribution in [0.25, 0.3) is 11.4 Å². The second kappa shape index (κ2) is 4.73. The number of benzene rings is 1. The molecule has 0 N–H and O–H groups in total. The zero-order valence-corrected chi connectivity index (χ0v) is 10.1. The fourth-order valence-corrected chi connectivity index (χ4v) is 1.56. The summed E-state index contributed by atoms with van der Waals surface area (Å²) in [6.45, 7) is 0. The van der Waals surface area contributed by atoms with Gasteiger partial charge >= 0.3 is 11.9 Å². The van der Waals surface area contributed by atoms with Crippen LogP contribution in [0.5, 0.6) is 0 Å². The molecule has 1 aromatic carbocycles. The molecule has 0 aliphatic rings. The molecule has 0 saturated heterocycles. The number of nitrogens with zero attached hydrogens (tertiary/aromatic N) is 2. The van der Waals surface area contributed by atoms with Crippen LogP contribution in [-0.4, -0.2) is 23.2 Å². The summed E-state index contributed by atoms with van der Waals surface area (Å²) >= 11 is 11.8. The lowest BCUT2D eigenvalue weighted by Gasteiger charge is -1.99. The summed E-state index contributed by atoms with van der Waals surface area (Å²) in [5.74, 6) is -0.765. The molecule has 88 valence electrons. The van der Waals surface area contributed by atoms with Crippen LogP contribution in [0.2, 0.25) is 10.0 Å². The van der Waals surface area contributed by atoms with Crippen molar-refractivity contribution in [1.82, 2.24) is 10.1 Å². The number of rotatable bonds is 2. The van der Waals surface area contributed by atoms with Crippen molar-refractivity contribution in [3.63, 3.8) is 0 Å². The Hall–Kier alpha value is -1.59. The van der Waals surface area contributed by atoms with E-state index in [4.69, 9.17) is 27.7 Å². The maximum absolute atomic E-state index is 11.1. The van der Waals surface area contributed by atoms with E-state index < -0.39 is 5.97 Å². The highest BCUT2D eigenvalue weighted by Gasteiger charge is 2.18. The van der Waals surface area contributed by atoms with Gasteiger partial charge in [0.15, 0.2) is 0 Å². The Morgan fingerprint density at radius 3 is 2.88 bits per heavy atom. The molecule has 0 bridgehead atoms. The van der Waals surface area contributed by atoms with Crippen LogP contribution in [0.1, 0.15) is 10.7 Å². The van der Waals surface area contributed by atoms with Crippen LogP contribution in [0.3, 0.4) is 0 Å². The monoisotopic (exact) mass is 272 g/mol. The fraction of sp³-hybridized carbons (Fsp3) is 0.100. The Bertz CT molecular complexity index is 568. The topological polar surface area (TPSA) is 65.2 Å². The van der Waals surface area contributed by atoms with Crippen LogP contribution >= 0.6 is 23.2 Å². The smallest absolute Gasteiger partial charge is 0.397 e. The van der Waals surface area contributed by atoms with Crippen molar-refractivity contribution in [1.29, 1.82) is 0 Å². The molecule has 0 saturated carbocycles. The lowest BCUT2D eigenvalue weighted by atomic mass is 10.2. The molecule has 0 unspecified atom stereocenters. The Morgan fingerprint density at radius 1 is 1.41 bits per heavy atom. The second-order valence-corrected chi connectivity index (χ2v) is 3.80. The average Bonchev–Trinajstić information content (AvgIpc) is 2.81. The minimum atomic E-state index is -0.707. The number of hydrogen-bond donors (Lipinski definition) is 0. The normalized spacial score (nSPS) is 10.3. The van der Waals surface area contributed by atoms with Crippen LogP contribution < -0.4 is 0 Å². The molecule has 1 aromatic heterocycles. The van der Waals surface area contributed by atoms with E-state index in [0.717, 1.165) is 0 Å². The van der Waals surface area contributed by atoms with E-state index in [0.29, 0.717) is 15.6 Å². The van der Waals surface area contributed by atoms with Gasteiger partial charge in [-0.15, -0.1) is 0 Å². The summed E-state index contributed by atoms with van der Waals surface area (Å²) in [6, 6.07) is 4.99. The van der Waals surface area contributed by atoms with E-state index in [9.17, 15) is 4.79 Å². The minimum Gasteiger partial charge on any atom is -0.462 e. The summed E-state index contributed by atoms with van der Waals surface area (Å²) in [5.41, 5.74) is 0.484. The predicted molar refractivity (Wildman–Crippen MR) is 61.1 cm³/mol. The molecule has 0 amide bonds. The number of carbonyl (C=O) groups is 1. The van der Waals surface area contributed by atoms with Gasteiger partial charge in [-0.05, 0) is 12.1 Å². The summed E-state index contributed by atoms with van der Waals surface area (Å²) in [6.07, 6.45) is 0. The highest BCUT2D eigenvalue weighted by atomic mass is 35.5. The highest BCUT2D eigenvalue weighted by Crippen LogP contribution is 2.31. The molecule has 0 aliphatic carbocycles. The molecular weight excluding hydrogens is 267 g/mol. The summed E-state index contributed by atoms with van der Waals surface area (Å²) in [7, 11) is 1.22. The SMILES string of the molecule is COC(=O)c1nc(-c2cccc(Cl)c2Cl)no1. The highest BCUT2D eigenvalue weighted by molar-refractivity contribution is 6.43. The van der Waals surface area contributed by atoms with E-state index in [1.54, 1.807) is 18.2 Å². The van der Waals surface area contributed by atoms with Gasteiger partial charge in [-0.2, -0.15) is 4.98 Å². The van der Waals surface area contributed by atoms with Crippen molar-refractivity contribution in [3.8, 4) is 11.4 Å². The first-order valence-electron chi connectivity index (χ1n) is 4.50. The molecule has 0 radical (unpaired) electrons. The Labute approximate surface area is 106 Å². The number of carbonyl (C=O) groups excluding carboxylic acids is 1. The molecule has 0 aliphatic heterocycles. The van der Waals surface area contributed by atoms with E-state index in [-0.39, 0.29) is 11.7 Å². The fourth-order valence-electron chi connectivity index (χ4n) is 1.18.